The zero-order valence-corrected chi connectivity index (χ0v) is 26.0. The minimum absolute atomic E-state index is 0.0316. The van der Waals surface area contributed by atoms with Crippen LogP contribution >= 0.6 is 11.6 Å². The van der Waals surface area contributed by atoms with Crippen LogP contribution in [0.15, 0.2) is 66.4 Å². The molecule has 1 N–H and O–H groups in total. The van der Waals surface area contributed by atoms with Crippen LogP contribution in [0.5, 0.6) is 0 Å². The highest BCUT2D eigenvalue weighted by Crippen LogP contribution is 2.44. The first-order chi connectivity index (χ1) is 20.2. The summed E-state index contributed by atoms with van der Waals surface area (Å²) in [6, 6.07) is 14.3. The number of hydroxylamine groups is 2. The number of aliphatic hydroxyl groups is 1. The van der Waals surface area contributed by atoms with Crippen LogP contribution in [-0.4, -0.2) is 61.0 Å². The Hall–Kier alpha value is -3.66. The lowest BCUT2D eigenvalue weighted by Gasteiger charge is -2.51. The van der Waals surface area contributed by atoms with E-state index in [-0.39, 0.29) is 13.0 Å². The van der Waals surface area contributed by atoms with Crippen molar-refractivity contribution in [2.24, 2.45) is 0 Å². The highest BCUT2D eigenvalue weighted by molar-refractivity contribution is 6.31. The Balaban J connectivity index is 1.60. The lowest BCUT2D eigenvalue weighted by Crippen LogP contribution is -2.75. The first-order valence-corrected chi connectivity index (χ1v) is 14.9. The number of allylic oxidation sites excluding steroid dienone is 1. The summed E-state index contributed by atoms with van der Waals surface area (Å²) in [6.07, 6.45) is 3.90. The molecule has 3 aromatic rings. The van der Waals surface area contributed by atoms with Crippen molar-refractivity contribution in [2.75, 3.05) is 6.54 Å². The van der Waals surface area contributed by atoms with E-state index in [1.165, 1.54) is 15.7 Å². The molecule has 2 fully saturated rings. The second-order valence-corrected chi connectivity index (χ2v) is 13.0. The molecule has 2 atom stereocenters. The molecule has 0 saturated carbocycles. The molecule has 5 rings (SSSR count). The molecule has 1 aromatic heterocycles. The van der Waals surface area contributed by atoms with Crippen molar-refractivity contribution in [2.45, 2.75) is 83.8 Å². The average molecular weight is 608 g/mol. The quantitative estimate of drug-likeness (QED) is 0.331. The summed E-state index contributed by atoms with van der Waals surface area (Å²) < 4.78 is 6.92. The van der Waals surface area contributed by atoms with Gasteiger partial charge in [0.25, 0.3) is 11.8 Å². The highest BCUT2D eigenvalue weighted by atomic mass is 35.5. The normalized spacial score (nSPS) is 22.2. The Kier molecular flexibility index (Phi) is 8.19. The van der Waals surface area contributed by atoms with Crippen LogP contribution in [0.25, 0.3) is 10.9 Å². The van der Waals surface area contributed by atoms with Crippen molar-refractivity contribution in [1.82, 2.24) is 14.5 Å². The Morgan fingerprint density at radius 3 is 2.49 bits per heavy atom. The SMILES string of the molecule is CC(C)=CC[C@@]12CCCN1C(=O)[C@@](O)(Cc1cn(C(=O)OC(C)(C)C)c3cc(Cl)ccc13)N(OCc1ccccc1)C2=O. The number of aromatic nitrogens is 1. The largest absolute Gasteiger partial charge is 0.443 e. The summed E-state index contributed by atoms with van der Waals surface area (Å²) in [5.41, 5.74) is -1.60. The molecule has 228 valence electrons. The molecule has 10 heteroatoms. The van der Waals surface area contributed by atoms with Gasteiger partial charge in [0.05, 0.1) is 5.52 Å². The Labute approximate surface area is 256 Å². The average Bonchev–Trinajstić information content (AvgIpc) is 3.53. The number of amides is 2. The fraction of sp³-hybridized carbons (Fsp3) is 0.424. The third-order valence-electron chi connectivity index (χ3n) is 7.92. The van der Waals surface area contributed by atoms with Gasteiger partial charge in [0, 0.05) is 29.6 Å². The lowest BCUT2D eigenvalue weighted by molar-refractivity contribution is -0.295. The van der Waals surface area contributed by atoms with Gasteiger partial charge >= 0.3 is 6.09 Å². The standard InChI is InChI=1S/C33H38ClN3O6/c1-22(2)14-16-32-15-9-17-36(32)29(39)33(41,37(28(32)38)42-21-23-10-7-6-8-11-23)19-24-20-35(30(40)43-31(3,4)5)27-18-25(34)12-13-26(24)27/h6-8,10-14,18,20,41H,9,15-17,19,21H2,1-5H3/t32-,33+/m1/s1. The van der Waals surface area contributed by atoms with Crippen LogP contribution in [0.2, 0.25) is 5.02 Å². The van der Waals surface area contributed by atoms with Crippen molar-refractivity contribution in [1.29, 1.82) is 0 Å². The fourth-order valence-electron chi connectivity index (χ4n) is 5.89. The van der Waals surface area contributed by atoms with Gasteiger partial charge in [-0.15, -0.1) is 0 Å². The molecule has 2 aliphatic rings. The summed E-state index contributed by atoms with van der Waals surface area (Å²) in [5.74, 6) is -1.09. The van der Waals surface area contributed by atoms with Gasteiger partial charge in [0.15, 0.2) is 0 Å². The van der Waals surface area contributed by atoms with Crippen LogP contribution in [0.1, 0.15) is 65.0 Å². The van der Waals surface area contributed by atoms with E-state index in [0.29, 0.717) is 47.3 Å². The third-order valence-corrected chi connectivity index (χ3v) is 8.16. The molecule has 43 heavy (non-hydrogen) atoms. The predicted octanol–water partition coefficient (Wildman–Crippen LogP) is 6.00. The van der Waals surface area contributed by atoms with Gasteiger partial charge in [-0.05, 0) is 77.1 Å². The molecule has 0 radical (unpaired) electrons. The van der Waals surface area contributed by atoms with E-state index in [0.717, 1.165) is 16.2 Å². The van der Waals surface area contributed by atoms with Gasteiger partial charge in [0.1, 0.15) is 17.7 Å². The van der Waals surface area contributed by atoms with E-state index in [1.54, 1.807) is 39.0 Å². The van der Waals surface area contributed by atoms with Crippen LogP contribution in [0.3, 0.4) is 0 Å². The number of carbonyl (C=O) groups is 3. The van der Waals surface area contributed by atoms with E-state index in [9.17, 15) is 19.5 Å². The van der Waals surface area contributed by atoms with Crippen molar-refractivity contribution in [3.05, 3.63) is 82.5 Å². The molecule has 0 aliphatic carbocycles. The molecule has 0 spiro atoms. The minimum atomic E-state index is -2.38. The molecule has 0 unspecified atom stereocenters. The monoisotopic (exact) mass is 607 g/mol. The molecule has 2 saturated heterocycles. The van der Waals surface area contributed by atoms with Crippen LogP contribution < -0.4 is 0 Å². The summed E-state index contributed by atoms with van der Waals surface area (Å²) in [5, 5.41) is 14.2. The van der Waals surface area contributed by atoms with Crippen LogP contribution in [-0.2, 0) is 32.2 Å². The second kappa shape index (κ2) is 11.4. The summed E-state index contributed by atoms with van der Waals surface area (Å²) in [7, 11) is 0. The van der Waals surface area contributed by atoms with Gasteiger partial charge in [-0.1, -0.05) is 59.6 Å². The maximum atomic E-state index is 14.4. The van der Waals surface area contributed by atoms with E-state index in [2.05, 4.69) is 0 Å². The molecule has 3 heterocycles. The van der Waals surface area contributed by atoms with Gasteiger partial charge in [-0.25, -0.2) is 4.79 Å². The minimum Gasteiger partial charge on any atom is -0.443 e. The fourth-order valence-corrected chi connectivity index (χ4v) is 6.06. The zero-order chi connectivity index (χ0) is 31.2. The number of carbonyl (C=O) groups excluding carboxylic acids is 3. The van der Waals surface area contributed by atoms with Gasteiger partial charge in [-0.3, -0.25) is 19.0 Å². The smallest absolute Gasteiger partial charge is 0.419 e. The van der Waals surface area contributed by atoms with Gasteiger partial charge in [-0.2, -0.15) is 5.06 Å². The molecule has 2 aromatic carbocycles. The summed E-state index contributed by atoms with van der Waals surface area (Å²) in [4.78, 5) is 49.5. The number of rotatable bonds is 7. The topological polar surface area (TPSA) is 101 Å². The Morgan fingerprint density at radius 2 is 1.81 bits per heavy atom. The van der Waals surface area contributed by atoms with Crippen molar-refractivity contribution in [3.8, 4) is 0 Å². The Morgan fingerprint density at radius 1 is 1.09 bits per heavy atom. The van der Waals surface area contributed by atoms with Crippen molar-refractivity contribution >= 4 is 40.4 Å². The number of piperazine rings is 1. The highest BCUT2D eigenvalue weighted by Gasteiger charge is 2.64. The summed E-state index contributed by atoms with van der Waals surface area (Å²) in [6.45, 7) is 9.48. The van der Waals surface area contributed by atoms with Crippen molar-refractivity contribution < 1.29 is 29.1 Å². The molecule has 9 nitrogen and oxygen atoms in total. The number of hydrogen-bond donors (Lipinski definition) is 1. The molecular weight excluding hydrogens is 570 g/mol. The number of halogens is 1. The number of nitrogens with zero attached hydrogens (tertiary/aromatic N) is 3. The zero-order valence-electron chi connectivity index (χ0n) is 25.2. The van der Waals surface area contributed by atoms with E-state index < -0.39 is 34.8 Å². The summed E-state index contributed by atoms with van der Waals surface area (Å²) >= 11 is 6.30. The lowest BCUT2D eigenvalue weighted by atomic mass is 9.84. The first kappa shape index (κ1) is 30.8. The Bertz CT molecular complexity index is 1590. The second-order valence-electron chi connectivity index (χ2n) is 12.6. The third kappa shape index (κ3) is 5.81. The van der Waals surface area contributed by atoms with E-state index >= 15 is 0 Å². The maximum Gasteiger partial charge on any atom is 0.419 e. The number of hydrogen-bond acceptors (Lipinski definition) is 6. The molecule has 2 aliphatic heterocycles. The van der Waals surface area contributed by atoms with Crippen LogP contribution in [0.4, 0.5) is 4.79 Å². The maximum absolute atomic E-state index is 14.4. The predicted molar refractivity (Wildman–Crippen MR) is 163 cm³/mol. The molecular formula is C33H38ClN3O6. The van der Waals surface area contributed by atoms with E-state index in [1.807, 2.05) is 50.3 Å². The molecule has 2 amide bonds. The van der Waals surface area contributed by atoms with Gasteiger partial charge < -0.3 is 14.7 Å². The number of fused-ring (bicyclic) bond motifs is 2. The first-order valence-electron chi connectivity index (χ1n) is 14.5. The molecule has 0 bridgehead atoms. The van der Waals surface area contributed by atoms with Crippen molar-refractivity contribution in [3.63, 3.8) is 0 Å². The van der Waals surface area contributed by atoms with Crippen LogP contribution in [0, 0.1) is 0 Å². The van der Waals surface area contributed by atoms with Gasteiger partial charge in [0.2, 0.25) is 5.72 Å². The van der Waals surface area contributed by atoms with E-state index in [4.69, 9.17) is 21.2 Å². The number of benzene rings is 2. The number of ether oxygens (including phenoxy) is 1.